The average Bonchev–Trinajstić information content (AvgIpc) is 2.77. The number of benzene rings is 1. The second-order valence-electron chi connectivity index (χ2n) is 4.61. The van der Waals surface area contributed by atoms with Crippen LogP contribution in [-0.4, -0.2) is 24.3 Å². The fourth-order valence-electron chi connectivity index (χ4n) is 3.16. The van der Waals surface area contributed by atoms with E-state index in [1.807, 2.05) is 6.07 Å². The summed E-state index contributed by atoms with van der Waals surface area (Å²) >= 11 is 0. The summed E-state index contributed by atoms with van der Waals surface area (Å²) < 4.78 is 0. The van der Waals surface area contributed by atoms with Crippen LogP contribution < -0.4 is 0 Å². The van der Waals surface area contributed by atoms with Crippen LogP contribution in [0.15, 0.2) is 24.3 Å². The molecule has 1 atom stereocenters. The highest BCUT2D eigenvalue weighted by molar-refractivity contribution is 5.93. The Morgan fingerprint density at radius 1 is 1.27 bits per heavy atom. The van der Waals surface area contributed by atoms with E-state index in [9.17, 15) is 4.79 Å². The molecule has 2 aliphatic rings. The van der Waals surface area contributed by atoms with Crippen molar-refractivity contribution in [3.05, 3.63) is 35.4 Å². The third kappa shape index (κ3) is 1.00. The van der Waals surface area contributed by atoms with Crippen LogP contribution in [0.2, 0.25) is 0 Å². The van der Waals surface area contributed by atoms with Crippen LogP contribution in [0, 0.1) is 0 Å². The number of carbonyl (C=O) groups excluding carboxylic acids is 1. The first kappa shape index (κ1) is 9.10. The van der Waals surface area contributed by atoms with Crippen LogP contribution in [0.3, 0.4) is 0 Å². The number of likely N-dealkylation sites (N-methyl/N-ethyl adjacent to an activating group) is 1. The van der Waals surface area contributed by atoms with Gasteiger partial charge in [0.05, 0.1) is 0 Å². The van der Waals surface area contributed by atoms with Crippen LogP contribution in [0.25, 0.3) is 0 Å². The van der Waals surface area contributed by atoms with Crippen molar-refractivity contribution in [3.8, 4) is 0 Å². The SMILES string of the molecule is CN1CCC(=O)C12CCc1ccccc12. The number of hydrogen-bond acceptors (Lipinski definition) is 2. The van der Waals surface area contributed by atoms with Gasteiger partial charge in [-0.05, 0) is 31.0 Å². The Bertz CT molecular complexity index is 426. The van der Waals surface area contributed by atoms with Crippen LogP contribution >= 0.6 is 0 Å². The molecule has 0 bridgehead atoms. The Morgan fingerprint density at radius 2 is 2.07 bits per heavy atom. The Kier molecular flexibility index (Phi) is 1.77. The lowest BCUT2D eigenvalue weighted by Gasteiger charge is -2.31. The minimum absolute atomic E-state index is 0.267. The molecule has 0 aromatic heterocycles. The molecule has 1 saturated heterocycles. The van der Waals surface area contributed by atoms with E-state index in [-0.39, 0.29) is 5.54 Å². The normalized spacial score (nSPS) is 30.1. The first-order valence-electron chi connectivity index (χ1n) is 5.58. The number of aryl methyl sites for hydroxylation is 1. The number of fused-ring (bicyclic) bond motifs is 2. The molecule has 1 fully saturated rings. The fourth-order valence-corrected chi connectivity index (χ4v) is 3.16. The lowest BCUT2D eigenvalue weighted by Crippen LogP contribution is -2.41. The van der Waals surface area contributed by atoms with Gasteiger partial charge in [-0.25, -0.2) is 0 Å². The van der Waals surface area contributed by atoms with Crippen LogP contribution in [-0.2, 0) is 16.8 Å². The standard InChI is InChI=1S/C13H15NO/c1-14-9-7-12(15)13(14)8-6-10-4-2-3-5-11(10)13/h2-5H,6-9H2,1H3. The zero-order chi connectivity index (χ0) is 10.5. The van der Waals surface area contributed by atoms with Crippen molar-refractivity contribution >= 4 is 5.78 Å². The maximum Gasteiger partial charge on any atom is 0.158 e. The summed E-state index contributed by atoms with van der Waals surface area (Å²) in [4.78, 5) is 14.4. The van der Waals surface area contributed by atoms with Crippen LogP contribution in [0.5, 0.6) is 0 Å². The maximum atomic E-state index is 12.1. The number of nitrogens with zero attached hydrogens (tertiary/aromatic N) is 1. The van der Waals surface area contributed by atoms with E-state index in [1.54, 1.807) is 0 Å². The number of hydrogen-bond donors (Lipinski definition) is 0. The maximum absolute atomic E-state index is 12.1. The molecule has 0 saturated carbocycles. The molecule has 2 heteroatoms. The largest absolute Gasteiger partial charge is 0.297 e. The Labute approximate surface area is 89.9 Å². The summed E-state index contributed by atoms with van der Waals surface area (Å²) in [5.74, 6) is 0.412. The molecule has 15 heavy (non-hydrogen) atoms. The molecule has 1 aromatic rings. The topological polar surface area (TPSA) is 20.3 Å². The van der Waals surface area contributed by atoms with Gasteiger partial charge in [0, 0.05) is 13.0 Å². The predicted molar refractivity (Wildman–Crippen MR) is 58.7 cm³/mol. The van der Waals surface area contributed by atoms with Crippen molar-refractivity contribution in [1.29, 1.82) is 0 Å². The van der Waals surface area contributed by atoms with Gasteiger partial charge < -0.3 is 0 Å². The molecular weight excluding hydrogens is 186 g/mol. The summed E-state index contributed by atoms with van der Waals surface area (Å²) in [6.07, 6.45) is 2.73. The lowest BCUT2D eigenvalue weighted by atomic mass is 9.88. The molecule has 1 heterocycles. The average molecular weight is 201 g/mol. The van der Waals surface area contributed by atoms with E-state index in [0.717, 1.165) is 19.4 Å². The first-order valence-corrected chi connectivity index (χ1v) is 5.58. The Balaban J connectivity index is 2.19. The molecule has 1 unspecified atom stereocenters. The highest BCUT2D eigenvalue weighted by Crippen LogP contribution is 2.45. The quantitative estimate of drug-likeness (QED) is 0.637. The van der Waals surface area contributed by atoms with Gasteiger partial charge in [-0.3, -0.25) is 9.69 Å². The van der Waals surface area contributed by atoms with Crippen molar-refractivity contribution in [1.82, 2.24) is 4.90 Å². The Hall–Kier alpha value is -1.15. The number of likely N-dealkylation sites (tertiary alicyclic amines) is 1. The molecule has 2 nitrogen and oxygen atoms in total. The van der Waals surface area contributed by atoms with Gasteiger partial charge in [0.25, 0.3) is 0 Å². The van der Waals surface area contributed by atoms with Crippen molar-refractivity contribution in [2.24, 2.45) is 0 Å². The van der Waals surface area contributed by atoms with Gasteiger partial charge in [-0.15, -0.1) is 0 Å². The summed E-state index contributed by atoms with van der Waals surface area (Å²) in [7, 11) is 2.08. The third-order valence-corrected chi connectivity index (χ3v) is 4.01. The molecular formula is C13H15NO. The fraction of sp³-hybridized carbons (Fsp3) is 0.462. The molecule has 1 aliphatic carbocycles. The minimum atomic E-state index is -0.267. The zero-order valence-corrected chi connectivity index (χ0v) is 8.99. The smallest absolute Gasteiger partial charge is 0.158 e. The van der Waals surface area contributed by atoms with Crippen LogP contribution in [0.1, 0.15) is 24.0 Å². The van der Waals surface area contributed by atoms with E-state index < -0.39 is 0 Å². The minimum Gasteiger partial charge on any atom is -0.297 e. The van der Waals surface area contributed by atoms with Crippen molar-refractivity contribution in [2.75, 3.05) is 13.6 Å². The monoisotopic (exact) mass is 201 g/mol. The van der Waals surface area contributed by atoms with Gasteiger partial charge in [0.1, 0.15) is 5.54 Å². The highest BCUT2D eigenvalue weighted by Gasteiger charge is 2.50. The predicted octanol–water partition coefficient (Wildman–Crippen LogP) is 1.73. The van der Waals surface area contributed by atoms with E-state index in [1.165, 1.54) is 11.1 Å². The van der Waals surface area contributed by atoms with Gasteiger partial charge in [0.2, 0.25) is 0 Å². The lowest BCUT2D eigenvalue weighted by molar-refractivity contribution is -0.125. The molecule has 1 aromatic carbocycles. The van der Waals surface area contributed by atoms with Crippen molar-refractivity contribution in [3.63, 3.8) is 0 Å². The zero-order valence-electron chi connectivity index (χ0n) is 8.99. The van der Waals surface area contributed by atoms with Gasteiger partial charge in [-0.2, -0.15) is 0 Å². The van der Waals surface area contributed by atoms with Crippen molar-refractivity contribution < 1.29 is 4.79 Å². The van der Waals surface area contributed by atoms with Gasteiger partial charge >= 0.3 is 0 Å². The van der Waals surface area contributed by atoms with Crippen LogP contribution in [0.4, 0.5) is 0 Å². The third-order valence-electron chi connectivity index (χ3n) is 4.01. The second-order valence-corrected chi connectivity index (χ2v) is 4.61. The summed E-state index contributed by atoms with van der Waals surface area (Å²) in [5, 5.41) is 0. The van der Waals surface area contributed by atoms with E-state index in [2.05, 4.69) is 30.1 Å². The van der Waals surface area contributed by atoms with E-state index >= 15 is 0 Å². The molecule has 1 aliphatic heterocycles. The molecule has 0 radical (unpaired) electrons. The summed E-state index contributed by atoms with van der Waals surface area (Å²) in [6.45, 7) is 0.910. The van der Waals surface area contributed by atoms with Crippen molar-refractivity contribution in [2.45, 2.75) is 24.8 Å². The van der Waals surface area contributed by atoms with Gasteiger partial charge in [0.15, 0.2) is 5.78 Å². The number of Topliss-reactive ketones (excluding diaryl/α,β-unsaturated/α-hetero) is 1. The molecule has 0 N–H and O–H groups in total. The van der Waals surface area contributed by atoms with Gasteiger partial charge in [-0.1, -0.05) is 24.3 Å². The molecule has 3 rings (SSSR count). The number of ketones is 1. The summed E-state index contributed by atoms with van der Waals surface area (Å²) in [6, 6.07) is 8.40. The first-order chi connectivity index (χ1) is 7.25. The number of rotatable bonds is 0. The number of carbonyl (C=O) groups is 1. The molecule has 1 spiro atoms. The molecule has 0 amide bonds. The van der Waals surface area contributed by atoms with E-state index in [0.29, 0.717) is 12.2 Å². The van der Waals surface area contributed by atoms with E-state index in [4.69, 9.17) is 0 Å². The highest BCUT2D eigenvalue weighted by atomic mass is 16.1. The Morgan fingerprint density at radius 3 is 2.80 bits per heavy atom. The summed E-state index contributed by atoms with van der Waals surface area (Å²) in [5.41, 5.74) is 2.35. The molecule has 78 valence electrons. The second kappa shape index (κ2) is 2.92.